The van der Waals surface area contributed by atoms with Crippen LogP contribution in [0.2, 0.25) is 0 Å². The highest BCUT2D eigenvalue weighted by molar-refractivity contribution is 7.86. The number of aromatic nitrogens is 1. The summed E-state index contributed by atoms with van der Waals surface area (Å²) < 4.78 is 66.4. The van der Waals surface area contributed by atoms with Gasteiger partial charge in [0, 0.05) is 41.5 Å². The molecule has 1 aliphatic carbocycles. The van der Waals surface area contributed by atoms with Crippen LogP contribution in [-0.4, -0.2) is 31.2 Å². The fraction of sp³-hybridized carbons (Fsp3) is 0.407. The molecule has 0 aliphatic heterocycles. The van der Waals surface area contributed by atoms with E-state index >= 15 is 0 Å². The standard InChI is InChI=1S/C26H31N3O2.CHF3O3S/c1-4-15-29-24-12-7-6-11-22(24)18(3)23-17-21(13-14-25(23)29)27-19-9-8-10-20(16-19)28-26(30)31-5-2;2-1(3,4)8(5,6)7/h8-10,13-14,16-17,27H,4-7,11-12,15H2,1-3H3;(H,5,6,7). The van der Waals surface area contributed by atoms with Crippen molar-refractivity contribution in [3.05, 3.63) is 59.3 Å². The zero-order valence-corrected chi connectivity index (χ0v) is 22.8. The molecule has 0 fully saturated rings. The number of alkyl halides is 3. The average molecular weight is 568 g/mol. The molecule has 8 nitrogen and oxygen atoms in total. The van der Waals surface area contributed by atoms with E-state index in [0.717, 1.165) is 24.3 Å². The van der Waals surface area contributed by atoms with E-state index in [9.17, 15) is 18.0 Å². The Morgan fingerprint density at radius 1 is 1.05 bits per heavy atom. The van der Waals surface area contributed by atoms with Gasteiger partial charge in [-0.15, -0.1) is 0 Å². The molecule has 1 amide bonds. The predicted molar refractivity (Wildman–Crippen MR) is 142 cm³/mol. The first-order chi connectivity index (χ1) is 18.4. The molecule has 3 aromatic rings. The van der Waals surface area contributed by atoms with Crippen LogP contribution in [0, 0.1) is 6.92 Å². The molecule has 0 spiro atoms. The molecule has 1 aromatic heterocycles. The summed E-state index contributed by atoms with van der Waals surface area (Å²) in [5.41, 5.74) is 2.85. The summed E-state index contributed by atoms with van der Waals surface area (Å²) in [4.78, 5) is 11.7. The molecule has 0 unspecified atom stereocenters. The second kappa shape index (κ2) is 12.6. The number of carbonyl (C=O) groups excluding carboxylic acids is 1. The Balaban J connectivity index is 0.000000459. The van der Waals surface area contributed by atoms with Crippen LogP contribution < -0.4 is 15.2 Å². The van der Waals surface area contributed by atoms with Gasteiger partial charge < -0.3 is 14.6 Å². The molecule has 1 heterocycles. The highest BCUT2D eigenvalue weighted by Gasteiger charge is 2.37. The first-order valence-corrected chi connectivity index (χ1v) is 14.1. The summed E-state index contributed by atoms with van der Waals surface area (Å²) in [6, 6.07) is 14.3. The zero-order valence-electron chi connectivity index (χ0n) is 22.0. The Morgan fingerprint density at radius 2 is 1.69 bits per heavy atom. The number of hydrogen-bond acceptors (Lipinski definition) is 6. The van der Waals surface area contributed by atoms with Crippen LogP contribution >= 0.6 is 0 Å². The number of carbonyl (C=O) groups is 1. The minimum absolute atomic E-state index is 0.349. The van der Waals surface area contributed by atoms with E-state index in [1.807, 2.05) is 24.3 Å². The van der Waals surface area contributed by atoms with E-state index in [-0.39, 0.29) is 0 Å². The second-order valence-electron chi connectivity index (χ2n) is 9.09. The van der Waals surface area contributed by atoms with Crippen molar-refractivity contribution in [3.63, 3.8) is 0 Å². The van der Waals surface area contributed by atoms with Gasteiger partial charge in [0.25, 0.3) is 0 Å². The molecule has 0 saturated heterocycles. The number of nitrogens with one attached hydrogen (secondary N) is 2. The predicted octanol–water partition coefficient (Wildman–Crippen LogP) is 6.09. The third-order valence-corrected chi connectivity index (χ3v) is 6.88. The summed E-state index contributed by atoms with van der Waals surface area (Å²) in [6.45, 7) is 7.73. The number of fused-ring (bicyclic) bond motifs is 2. The molecule has 0 radical (unpaired) electrons. The van der Waals surface area contributed by atoms with Crippen molar-refractivity contribution in [1.29, 1.82) is 0 Å². The number of pyridine rings is 1. The molecule has 1 aliphatic rings. The minimum Gasteiger partial charge on any atom is -0.741 e. The number of halogens is 3. The smallest absolute Gasteiger partial charge is 0.485 e. The van der Waals surface area contributed by atoms with Crippen molar-refractivity contribution in [2.24, 2.45) is 0 Å². The number of hydrogen-bond donors (Lipinski definition) is 2. The Morgan fingerprint density at radius 3 is 2.33 bits per heavy atom. The van der Waals surface area contributed by atoms with Gasteiger partial charge in [0.1, 0.15) is 6.54 Å². The molecule has 0 atom stereocenters. The summed E-state index contributed by atoms with van der Waals surface area (Å²) in [6.07, 6.45) is 5.63. The molecule has 39 heavy (non-hydrogen) atoms. The number of nitrogens with zero attached hydrogens (tertiary/aromatic N) is 1. The monoisotopic (exact) mass is 567 g/mol. The third kappa shape index (κ3) is 7.60. The van der Waals surface area contributed by atoms with Crippen molar-refractivity contribution in [2.75, 3.05) is 17.2 Å². The van der Waals surface area contributed by atoms with E-state index in [0.29, 0.717) is 12.3 Å². The number of ether oxygens (including phenoxy) is 1. The molecule has 2 N–H and O–H groups in total. The van der Waals surface area contributed by atoms with Gasteiger partial charge in [-0.3, -0.25) is 5.32 Å². The molecule has 0 saturated carbocycles. The van der Waals surface area contributed by atoms with Crippen LogP contribution in [0.5, 0.6) is 0 Å². The van der Waals surface area contributed by atoms with Gasteiger partial charge in [0.2, 0.25) is 5.52 Å². The number of anilines is 3. The SMILES string of the molecule is CCC[n+]1c2c(c(C)c3cc(Nc4cccc(NC(=O)OCC)c4)ccc31)CCCC2.O=S(=O)([O-])C(F)(F)F. The van der Waals surface area contributed by atoms with E-state index in [1.54, 1.807) is 12.5 Å². The van der Waals surface area contributed by atoms with Crippen molar-refractivity contribution < 1.29 is 40.2 Å². The van der Waals surface area contributed by atoms with Gasteiger partial charge in [-0.1, -0.05) is 13.0 Å². The number of benzene rings is 2. The van der Waals surface area contributed by atoms with Crippen LogP contribution in [0.25, 0.3) is 10.9 Å². The van der Waals surface area contributed by atoms with Crippen molar-refractivity contribution in [2.45, 2.75) is 64.9 Å². The van der Waals surface area contributed by atoms with Crippen molar-refractivity contribution >= 4 is 44.2 Å². The fourth-order valence-corrected chi connectivity index (χ4v) is 4.65. The Kier molecular flexibility index (Phi) is 9.78. The lowest BCUT2D eigenvalue weighted by Crippen LogP contribution is -2.41. The zero-order chi connectivity index (χ0) is 28.8. The second-order valence-corrected chi connectivity index (χ2v) is 10.5. The van der Waals surface area contributed by atoms with Gasteiger partial charge >= 0.3 is 11.6 Å². The molecule has 12 heteroatoms. The van der Waals surface area contributed by atoms with Gasteiger partial charge in [0.05, 0.1) is 12.0 Å². The largest absolute Gasteiger partial charge is 0.741 e. The van der Waals surface area contributed by atoms with Crippen LogP contribution in [0.15, 0.2) is 42.5 Å². The normalized spacial score (nSPS) is 13.2. The topological polar surface area (TPSA) is 111 Å². The Labute approximate surface area is 225 Å². The van der Waals surface area contributed by atoms with E-state index < -0.39 is 21.7 Å². The van der Waals surface area contributed by atoms with Crippen LogP contribution in [0.4, 0.5) is 35.0 Å². The maximum absolute atomic E-state index is 11.7. The lowest BCUT2D eigenvalue weighted by Gasteiger charge is -2.19. The molecule has 0 bridgehead atoms. The third-order valence-electron chi connectivity index (χ3n) is 6.31. The summed E-state index contributed by atoms with van der Waals surface area (Å²) in [5.74, 6) is 0. The highest BCUT2D eigenvalue weighted by atomic mass is 32.2. The Bertz CT molecular complexity index is 1440. The first kappa shape index (κ1) is 30.2. The Hall–Kier alpha value is -3.38. The minimum atomic E-state index is -6.09. The fourth-order valence-electron chi connectivity index (χ4n) is 4.65. The van der Waals surface area contributed by atoms with E-state index in [2.05, 4.69) is 47.2 Å². The van der Waals surface area contributed by atoms with Crippen molar-refractivity contribution in [1.82, 2.24) is 0 Å². The quantitative estimate of drug-likeness (QED) is 0.212. The van der Waals surface area contributed by atoms with Crippen LogP contribution in [0.3, 0.4) is 0 Å². The highest BCUT2D eigenvalue weighted by Crippen LogP contribution is 2.30. The number of aryl methyl sites for hydroxylation is 2. The average Bonchev–Trinajstić information content (AvgIpc) is 2.86. The van der Waals surface area contributed by atoms with Gasteiger partial charge in [-0.25, -0.2) is 13.2 Å². The first-order valence-electron chi connectivity index (χ1n) is 12.7. The number of amides is 1. The summed E-state index contributed by atoms with van der Waals surface area (Å²) in [7, 11) is -6.09. The lowest BCUT2D eigenvalue weighted by atomic mass is 9.89. The molecule has 2 aromatic carbocycles. The summed E-state index contributed by atoms with van der Waals surface area (Å²) >= 11 is 0. The molecule has 4 rings (SSSR count). The van der Waals surface area contributed by atoms with Gasteiger partial charge in [-0.2, -0.15) is 17.7 Å². The molecule has 212 valence electrons. The lowest BCUT2D eigenvalue weighted by molar-refractivity contribution is -0.679. The molecular formula is C27H32F3N3O5S. The van der Waals surface area contributed by atoms with Crippen LogP contribution in [-0.2, 0) is 34.2 Å². The maximum Gasteiger partial charge on any atom is 0.485 e. The van der Waals surface area contributed by atoms with E-state index in [1.165, 1.54) is 47.8 Å². The number of rotatable bonds is 6. The van der Waals surface area contributed by atoms with Crippen molar-refractivity contribution in [3.8, 4) is 0 Å². The summed E-state index contributed by atoms with van der Waals surface area (Å²) in [5, 5.41) is 7.58. The molecular weight excluding hydrogens is 535 g/mol. The van der Waals surface area contributed by atoms with Gasteiger partial charge in [0.15, 0.2) is 15.8 Å². The van der Waals surface area contributed by atoms with Crippen LogP contribution in [0.1, 0.15) is 49.9 Å². The van der Waals surface area contributed by atoms with E-state index in [4.69, 9.17) is 17.7 Å². The maximum atomic E-state index is 11.7. The van der Waals surface area contributed by atoms with Gasteiger partial charge in [-0.05, 0) is 69.0 Å².